The smallest absolute Gasteiger partial charge is 0.480 e. The molecule has 3 aromatic rings. The molecule has 4 rings (SSSR count). The molecule has 1 saturated heterocycles. The van der Waals surface area contributed by atoms with E-state index in [9.17, 15) is 55.8 Å². The Balaban J connectivity index is 0.00000152. The number of hydrogen-bond donors (Lipinski definition) is 7. The van der Waals surface area contributed by atoms with Crippen LogP contribution in [0.2, 0.25) is 0 Å². The monoisotopic (exact) mass is 956 g/mol. The van der Waals surface area contributed by atoms with Crippen LogP contribution in [0.25, 0.3) is 5.69 Å². The third kappa shape index (κ3) is 16.2. The van der Waals surface area contributed by atoms with Crippen LogP contribution in [0.15, 0.2) is 54.7 Å². The number of thioether (sulfide) groups is 1. The molecule has 18 nitrogen and oxygen atoms in total. The number of aliphatic carboxylic acids is 2. The number of aliphatic hydroxyl groups is 1. The van der Waals surface area contributed by atoms with E-state index in [-0.39, 0.29) is 49.7 Å². The molecule has 2 heterocycles. The first-order chi connectivity index (χ1) is 30.8. The zero-order chi connectivity index (χ0) is 49.5. The van der Waals surface area contributed by atoms with Gasteiger partial charge in [-0.15, -0.1) is 11.8 Å². The van der Waals surface area contributed by atoms with Crippen molar-refractivity contribution in [2.45, 2.75) is 95.3 Å². The van der Waals surface area contributed by atoms with Crippen LogP contribution in [0.5, 0.6) is 0 Å². The van der Waals surface area contributed by atoms with Crippen molar-refractivity contribution in [1.29, 1.82) is 0 Å². The number of carbonyl (C=O) groups is 7. The molecule has 1 aromatic heterocycles. The van der Waals surface area contributed by atoms with Gasteiger partial charge in [0.05, 0.1) is 23.0 Å². The lowest BCUT2D eigenvalue weighted by Gasteiger charge is -2.40. The van der Waals surface area contributed by atoms with Gasteiger partial charge in [0.15, 0.2) is 0 Å². The summed E-state index contributed by atoms with van der Waals surface area (Å²) in [5.41, 5.74) is 17.3. The number of benzene rings is 2. The molecule has 4 atom stereocenters. The molecular formula is C42H53F5N8O10S. The largest absolute Gasteiger partial charge is 0.490 e. The average molecular weight is 957 g/mol. The SMILES string of the molecule is CC(C)(C)[C@H](c1nn(-c2cc(F)ccc2F)cc1Cc1ccccc1)N(CC[C@H](N)C(=O)NNC(=O)CCCCCN1C(=O)CC(SC[C@H](N)C(=O)O)C1=O)C(=O)CO.O=C(O)C(F)(F)F. The number of alkyl halides is 3. The molecule has 1 aliphatic rings. The minimum Gasteiger partial charge on any atom is -0.480 e. The summed E-state index contributed by atoms with van der Waals surface area (Å²) in [7, 11) is 0. The molecule has 0 aliphatic carbocycles. The predicted octanol–water partition coefficient (Wildman–Crippen LogP) is 2.98. The Morgan fingerprint density at radius 2 is 1.61 bits per heavy atom. The fraction of sp³-hybridized carbons (Fsp3) is 0.476. The molecule has 362 valence electrons. The number of carbonyl (C=O) groups excluding carboxylic acids is 5. The number of aromatic nitrogens is 2. The number of nitrogens with zero attached hydrogens (tertiary/aromatic N) is 4. The van der Waals surface area contributed by atoms with Crippen LogP contribution in [-0.2, 0) is 40.0 Å². The van der Waals surface area contributed by atoms with E-state index < -0.39 is 88.8 Å². The lowest BCUT2D eigenvalue weighted by atomic mass is 9.81. The second kappa shape index (κ2) is 24.5. The number of halogens is 5. The lowest BCUT2D eigenvalue weighted by molar-refractivity contribution is -0.192. The predicted molar refractivity (Wildman–Crippen MR) is 228 cm³/mol. The Labute approximate surface area is 380 Å². The normalized spacial score (nSPS) is 15.3. The third-order valence-electron chi connectivity index (χ3n) is 9.93. The second-order valence-electron chi connectivity index (χ2n) is 16.2. The molecular weight excluding hydrogens is 904 g/mol. The van der Waals surface area contributed by atoms with E-state index in [2.05, 4.69) is 10.9 Å². The number of likely N-dealkylation sites (tertiary alicyclic amines) is 1. The summed E-state index contributed by atoms with van der Waals surface area (Å²) in [6.45, 7) is 4.74. The van der Waals surface area contributed by atoms with Crippen molar-refractivity contribution in [3.8, 4) is 5.69 Å². The molecule has 2 aromatic carbocycles. The molecule has 66 heavy (non-hydrogen) atoms. The van der Waals surface area contributed by atoms with Crippen molar-refractivity contribution in [1.82, 2.24) is 30.4 Å². The number of carboxylic acid groups (broad SMARTS) is 2. The third-order valence-corrected chi connectivity index (χ3v) is 11.3. The Morgan fingerprint density at radius 3 is 2.20 bits per heavy atom. The van der Waals surface area contributed by atoms with E-state index in [1.165, 1.54) is 9.58 Å². The summed E-state index contributed by atoms with van der Waals surface area (Å²) in [4.78, 5) is 86.2. The van der Waals surface area contributed by atoms with Crippen molar-refractivity contribution in [2.75, 3.05) is 25.4 Å². The van der Waals surface area contributed by atoms with Gasteiger partial charge in [-0.3, -0.25) is 44.5 Å². The Morgan fingerprint density at radius 1 is 0.955 bits per heavy atom. The Hall–Kier alpha value is -5.98. The summed E-state index contributed by atoms with van der Waals surface area (Å²) >= 11 is 1.04. The van der Waals surface area contributed by atoms with Crippen LogP contribution < -0.4 is 22.3 Å². The first kappa shape index (κ1) is 54.4. The number of amides is 5. The number of unbranched alkanes of at least 4 members (excludes halogenated alkanes) is 2. The molecule has 1 fully saturated rings. The summed E-state index contributed by atoms with van der Waals surface area (Å²) in [6, 6.07) is 9.19. The van der Waals surface area contributed by atoms with Gasteiger partial charge in [0.25, 0.3) is 5.91 Å². The number of nitrogens with one attached hydrogen (secondary N) is 2. The molecule has 9 N–H and O–H groups in total. The van der Waals surface area contributed by atoms with Crippen LogP contribution in [0.1, 0.15) is 82.2 Å². The van der Waals surface area contributed by atoms with Crippen LogP contribution in [0.3, 0.4) is 0 Å². The second-order valence-corrected chi connectivity index (χ2v) is 17.4. The van der Waals surface area contributed by atoms with Gasteiger partial charge < -0.3 is 31.7 Å². The summed E-state index contributed by atoms with van der Waals surface area (Å²) in [6.07, 6.45) is -1.97. The topological polar surface area (TPSA) is 281 Å². The number of hydrogen-bond acceptors (Lipinski definition) is 12. The van der Waals surface area contributed by atoms with Gasteiger partial charge in [-0.05, 0) is 42.4 Å². The minimum atomic E-state index is -5.08. The Kier molecular flexibility index (Phi) is 20.2. The van der Waals surface area contributed by atoms with Gasteiger partial charge in [0, 0.05) is 55.9 Å². The molecule has 5 amide bonds. The van der Waals surface area contributed by atoms with Gasteiger partial charge >= 0.3 is 18.1 Å². The highest BCUT2D eigenvalue weighted by atomic mass is 32.2. The van der Waals surface area contributed by atoms with Crippen molar-refractivity contribution in [3.63, 3.8) is 0 Å². The van der Waals surface area contributed by atoms with E-state index in [0.29, 0.717) is 36.9 Å². The maximum absolute atomic E-state index is 15.0. The van der Waals surface area contributed by atoms with E-state index in [1.807, 2.05) is 51.1 Å². The van der Waals surface area contributed by atoms with E-state index >= 15 is 0 Å². The molecule has 0 bridgehead atoms. The highest BCUT2D eigenvalue weighted by molar-refractivity contribution is 8.00. The van der Waals surface area contributed by atoms with Gasteiger partial charge in [0.2, 0.25) is 23.6 Å². The van der Waals surface area contributed by atoms with Crippen molar-refractivity contribution >= 4 is 53.2 Å². The van der Waals surface area contributed by atoms with Crippen LogP contribution in [0.4, 0.5) is 22.0 Å². The van der Waals surface area contributed by atoms with Gasteiger partial charge in [-0.1, -0.05) is 57.5 Å². The molecule has 24 heteroatoms. The highest BCUT2D eigenvalue weighted by Crippen LogP contribution is 2.40. The standard InChI is InChI=1S/C40H52F2N8O8S.C2HF3O2/c1-40(2,3)36(35-25(18-24-10-6-4-7-11-24)21-50(47-35)30-19-26(41)13-14-27(30)42)48(34(54)22-51)17-15-28(43)37(55)46-45-32(52)12-8-5-9-16-49-33(53)20-31(38(49)56)59-23-29(44)39(57)58;3-2(4,5)1(6)7/h4,6-7,10-11,13-14,19,21,28-29,31,36,51H,5,8-9,12,15-18,20,22-23,43-44H2,1-3H3,(H,45,52)(H,46,55)(H,57,58);(H,6,7)/t28-,29-,31?,36-;/m0./s1. The van der Waals surface area contributed by atoms with E-state index in [1.54, 1.807) is 6.20 Å². The zero-order valence-corrected chi connectivity index (χ0v) is 37.0. The van der Waals surface area contributed by atoms with Gasteiger partial charge in [-0.25, -0.2) is 18.3 Å². The maximum atomic E-state index is 15.0. The molecule has 0 radical (unpaired) electrons. The quantitative estimate of drug-likeness (QED) is 0.0371. The number of hydrazine groups is 1. The molecule has 0 spiro atoms. The molecule has 1 unspecified atom stereocenters. The van der Waals surface area contributed by atoms with Crippen LogP contribution >= 0.6 is 11.8 Å². The number of carboxylic acids is 2. The van der Waals surface area contributed by atoms with Crippen LogP contribution in [-0.4, -0.2) is 125 Å². The van der Waals surface area contributed by atoms with Gasteiger partial charge in [-0.2, -0.15) is 18.3 Å². The fourth-order valence-corrected chi connectivity index (χ4v) is 7.75. The van der Waals surface area contributed by atoms with E-state index in [4.69, 9.17) is 31.6 Å². The maximum Gasteiger partial charge on any atom is 0.490 e. The minimum absolute atomic E-state index is 0.00328. The van der Waals surface area contributed by atoms with Crippen LogP contribution in [0, 0.1) is 17.0 Å². The van der Waals surface area contributed by atoms with Crippen molar-refractivity contribution in [3.05, 3.63) is 83.2 Å². The lowest BCUT2D eigenvalue weighted by Crippen LogP contribution is -2.51. The fourth-order valence-electron chi connectivity index (χ4n) is 6.64. The number of aliphatic hydroxyl groups excluding tert-OH is 1. The van der Waals surface area contributed by atoms with Crippen molar-refractivity contribution < 1.29 is 70.8 Å². The first-order valence-corrected chi connectivity index (χ1v) is 21.5. The van der Waals surface area contributed by atoms with Crippen molar-refractivity contribution in [2.24, 2.45) is 16.9 Å². The van der Waals surface area contributed by atoms with E-state index in [0.717, 1.165) is 40.4 Å². The highest BCUT2D eigenvalue weighted by Gasteiger charge is 2.40. The first-order valence-electron chi connectivity index (χ1n) is 20.4. The molecule has 0 saturated carbocycles. The molecule has 1 aliphatic heterocycles. The number of imide groups is 1. The summed E-state index contributed by atoms with van der Waals surface area (Å²) < 4.78 is 62.2. The summed E-state index contributed by atoms with van der Waals surface area (Å²) in [5.74, 6) is -8.01. The number of nitrogens with two attached hydrogens (primary N) is 2. The van der Waals surface area contributed by atoms with Gasteiger partial charge in [0.1, 0.15) is 30.0 Å². The Bertz CT molecular complexity index is 2190. The zero-order valence-electron chi connectivity index (χ0n) is 36.2. The summed E-state index contributed by atoms with van der Waals surface area (Å²) in [5, 5.41) is 30.1. The number of rotatable bonds is 20. The average Bonchev–Trinajstić information content (AvgIpc) is 3.77.